The maximum absolute atomic E-state index is 11.4. The molecule has 5 heteroatoms. The Kier molecular flexibility index (Phi) is 7.19. The molecule has 0 heterocycles. The molecule has 0 radical (unpaired) electrons. The molecule has 21 heavy (non-hydrogen) atoms. The van der Waals surface area contributed by atoms with E-state index in [1.165, 1.54) is 0 Å². The SMILES string of the molecule is CC(C)(C)OC(=O)NCCC(N)COCc1ccccc1. The molecule has 0 bridgehead atoms. The lowest BCUT2D eigenvalue weighted by molar-refractivity contribution is 0.0522. The van der Waals surface area contributed by atoms with Crippen molar-refractivity contribution in [3.63, 3.8) is 0 Å². The van der Waals surface area contributed by atoms with Gasteiger partial charge >= 0.3 is 6.09 Å². The van der Waals surface area contributed by atoms with Crippen molar-refractivity contribution in [1.82, 2.24) is 5.32 Å². The minimum absolute atomic E-state index is 0.108. The van der Waals surface area contributed by atoms with Crippen LogP contribution in [0.2, 0.25) is 0 Å². The average Bonchev–Trinajstić information content (AvgIpc) is 2.38. The van der Waals surface area contributed by atoms with E-state index in [0.29, 0.717) is 26.2 Å². The maximum Gasteiger partial charge on any atom is 0.407 e. The highest BCUT2D eigenvalue weighted by molar-refractivity contribution is 5.67. The smallest absolute Gasteiger partial charge is 0.407 e. The molecular weight excluding hydrogens is 268 g/mol. The van der Waals surface area contributed by atoms with Gasteiger partial charge in [-0.15, -0.1) is 0 Å². The van der Waals surface area contributed by atoms with E-state index in [2.05, 4.69) is 5.32 Å². The second-order valence-electron chi connectivity index (χ2n) is 5.98. The Morgan fingerprint density at radius 2 is 1.95 bits per heavy atom. The van der Waals surface area contributed by atoms with Crippen LogP contribution in [-0.4, -0.2) is 30.9 Å². The highest BCUT2D eigenvalue weighted by Gasteiger charge is 2.15. The van der Waals surface area contributed by atoms with Crippen LogP contribution in [0.4, 0.5) is 4.79 Å². The zero-order valence-corrected chi connectivity index (χ0v) is 13.1. The molecule has 1 aromatic rings. The number of amides is 1. The fraction of sp³-hybridized carbons (Fsp3) is 0.562. The van der Waals surface area contributed by atoms with E-state index in [0.717, 1.165) is 5.56 Å². The first-order chi connectivity index (χ1) is 9.87. The van der Waals surface area contributed by atoms with E-state index >= 15 is 0 Å². The highest BCUT2D eigenvalue weighted by Crippen LogP contribution is 2.06. The Morgan fingerprint density at radius 3 is 2.57 bits per heavy atom. The third kappa shape index (κ3) is 9.05. The van der Waals surface area contributed by atoms with Crippen molar-refractivity contribution in [2.24, 2.45) is 5.73 Å². The van der Waals surface area contributed by atoms with Gasteiger partial charge in [-0.3, -0.25) is 0 Å². The second kappa shape index (κ2) is 8.64. The number of hydrogen-bond acceptors (Lipinski definition) is 4. The van der Waals surface area contributed by atoms with Crippen LogP contribution in [0.1, 0.15) is 32.8 Å². The minimum Gasteiger partial charge on any atom is -0.444 e. The molecule has 1 aromatic carbocycles. The molecule has 0 aliphatic heterocycles. The van der Waals surface area contributed by atoms with Crippen molar-refractivity contribution in [2.75, 3.05) is 13.2 Å². The van der Waals surface area contributed by atoms with Crippen molar-refractivity contribution < 1.29 is 14.3 Å². The van der Waals surface area contributed by atoms with Gasteiger partial charge in [-0.05, 0) is 32.8 Å². The molecule has 118 valence electrons. The predicted molar refractivity (Wildman–Crippen MR) is 82.9 cm³/mol. The van der Waals surface area contributed by atoms with E-state index < -0.39 is 11.7 Å². The van der Waals surface area contributed by atoms with Gasteiger partial charge in [-0.1, -0.05) is 30.3 Å². The number of carbonyl (C=O) groups is 1. The molecule has 0 aliphatic carbocycles. The second-order valence-corrected chi connectivity index (χ2v) is 5.98. The lowest BCUT2D eigenvalue weighted by Gasteiger charge is -2.20. The number of rotatable bonds is 7. The van der Waals surface area contributed by atoms with Crippen LogP contribution in [0, 0.1) is 0 Å². The molecular formula is C16H26N2O3. The van der Waals surface area contributed by atoms with E-state index in [1.54, 1.807) is 0 Å². The first-order valence-corrected chi connectivity index (χ1v) is 7.21. The maximum atomic E-state index is 11.4. The van der Waals surface area contributed by atoms with Crippen LogP contribution in [0.15, 0.2) is 30.3 Å². The normalized spacial score (nSPS) is 12.8. The van der Waals surface area contributed by atoms with Crippen LogP contribution in [0.3, 0.4) is 0 Å². The van der Waals surface area contributed by atoms with Gasteiger partial charge in [0.1, 0.15) is 5.60 Å². The summed E-state index contributed by atoms with van der Waals surface area (Å²) in [4.78, 5) is 11.4. The summed E-state index contributed by atoms with van der Waals surface area (Å²) in [5.74, 6) is 0. The predicted octanol–water partition coefficient (Wildman–Crippen LogP) is 2.45. The van der Waals surface area contributed by atoms with E-state index in [9.17, 15) is 4.79 Å². The molecule has 0 aliphatic rings. The number of hydrogen-bond donors (Lipinski definition) is 2. The Morgan fingerprint density at radius 1 is 1.29 bits per heavy atom. The topological polar surface area (TPSA) is 73.6 Å². The standard InChI is InChI=1S/C16H26N2O3/c1-16(2,3)21-15(19)18-10-9-14(17)12-20-11-13-7-5-4-6-8-13/h4-8,14H,9-12,17H2,1-3H3,(H,18,19). The molecule has 0 aromatic heterocycles. The lowest BCUT2D eigenvalue weighted by Crippen LogP contribution is -2.36. The number of alkyl carbamates (subject to hydrolysis) is 1. The highest BCUT2D eigenvalue weighted by atomic mass is 16.6. The van der Waals surface area contributed by atoms with Crippen LogP contribution < -0.4 is 11.1 Å². The van der Waals surface area contributed by atoms with Gasteiger partial charge < -0.3 is 20.5 Å². The summed E-state index contributed by atoms with van der Waals surface area (Å²) in [6, 6.07) is 9.83. The Bertz CT molecular complexity index is 415. The quantitative estimate of drug-likeness (QED) is 0.810. The van der Waals surface area contributed by atoms with Crippen LogP contribution in [-0.2, 0) is 16.1 Å². The molecule has 0 spiro atoms. The molecule has 1 atom stereocenters. The van der Waals surface area contributed by atoms with Crippen molar-refractivity contribution >= 4 is 6.09 Å². The Balaban J connectivity index is 2.09. The first kappa shape index (κ1) is 17.5. The van der Waals surface area contributed by atoms with Crippen LogP contribution >= 0.6 is 0 Å². The zero-order valence-electron chi connectivity index (χ0n) is 13.1. The molecule has 1 amide bonds. The number of nitrogens with one attached hydrogen (secondary N) is 1. The van der Waals surface area contributed by atoms with Gasteiger partial charge in [0.25, 0.3) is 0 Å². The van der Waals surface area contributed by atoms with Gasteiger partial charge in [0.15, 0.2) is 0 Å². The van der Waals surface area contributed by atoms with Gasteiger partial charge in [0.2, 0.25) is 0 Å². The monoisotopic (exact) mass is 294 g/mol. The lowest BCUT2D eigenvalue weighted by atomic mass is 10.2. The molecule has 5 nitrogen and oxygen atoms in total. The Labute approximate surface area is 126 Å². The third-order valence-electron chi connectivity index (χ3n) is 2.63. The molecule has 0 fully saturated rings. The molecule has 1 rings (SSSR count). The summed E-state index contributed by atoms with van der Waals surface area (Å²) >= 11 is 0. The van der Waals surface area contributed by atoms with E-state index in [1.807, 2.05) is 51.1 Å². The number of ether oxygens (including phenoxy) is 2. The number of benzene rings is 1. The van der Waals surface area contributed by atoms with Crippen LogP contribution in [0.25, 0.3) is 0 Å². The molecule has 0 saturated heterocycles. The summed E-state index contributed by atoms with van der Waals surface area (Å²) in [5.41, 5.74) is 6.57. The van der Waals surface area contributed by atoms with Gasteiger partial charge in [-0.25, -0.2) is 4.79 Å². The number of nitrogens with two attached hydrogens (primary N) is 1. The fourth-order valence-corrected chi connectivity index (χ4v) is 1.66. The van der Waals surface area contributed by atoms with Gasteiger partial charge in [0, 0.05) is 12.6 Å². The summed E-state index contributed by atoms with van der Waals surface area (Å²) in [6.07, 6.45) is 0.230. The zero-order chi connectivity index (χ0) is 15.7. The van der Waals surface area contributed by atoms with Crippen molar-refractivity contribution in [3.8, 4) is 0 Å². The molecule has 3 N–H and O–H groups in total. The first-order valence-electron chi connectivity index (χ1n) is 7.21. The largest absolute Gasteiger partial charge is 0.444 e. The van der Waals surface area contributed by atoms with Crippen molar-refractivity contribution in [1.29, 1.82) is 0 Å². The van der Waals surface area contributed by atoms with Crippen molar-refractivity contribution in [3.05, 3.63) is 35.9 Å². The Hall–Kier alpha value is -1.59. The molecule has 1 unspecified atom stereocenters. The van der Waals surface area contributed by atoms with E-state index in [4.69, 9.17) is 15.2 Å². The molecule has 0 saturated carbocycles. The van der Waals surface area contributed by atoms with Crippen molar-refractivity contribution in [2.45, 2.75) is 45.4 Å². The van der Waals surface area contributed by atoms with E-state index in [-0.39, 0.29) is 6.04 Å². The average molecular weight is 294 g/mol. The third-order valence-corrected chi connectivity index (χ3v) is 2.63. The van der Waals surface area contributed by atoms with Gasteiger partial charge in [0.05, 0.1) is 13.2 Å². The summed E-state index contributed by atoms with van der Waals surface area (Å²) < 4.78 is 10.7. The summed E-state index contributed by atoms with van der Waals surface area (Å²) in [5, 5.41) is 2.68. The van der Waals surface area contributed by atoms with Crippen LogP contribution in [0.5, 0.6) is 0 Å². The van der Waals surface area contributed by atoms with Gasteiger partial charge in [-0.2, -0.15) is 0 Å². The minimum atomic E-state index is -0.481. The fourth-order valence-electron chi connectivity index (χ4n) is 1.66. The number of carbonyl (C=O) groups excluding carboxylic acids is 1. The summed E-state index contributed by atoms with van der Waals surface area (Å²) in [6.45, 7) is 6.98. The summed E-state index contributed by atoms with van der Waals surface area (Å²) in [7, 11) is 0.